The number of carbonyl (C=O) groups is 1. The van der Waals surface area contributed by atoms with Crippen LogP contribution in [0.2, 0.25) is 0 Å². The molecular weight excluding hydrogens is 407 g/mol. The van der Waals surface area contributed by atoms with E-state index in [4.69, 9.17) is 4.74 Å². The van der Waals surface area contributed by atoms with Gasteiger partial charge in [0, 0.05) is 17.9 Å². The fourth-order valence-corrected chi connectivity index (χ4v) is 3.93. The maximum atomic E-state index is 13.7. The Morgan fingerprint density at radius 2 is 1.53 bits per heavy atom. The first kappa shape index (κ1) is 21.8. The third-order valence-corrected chi connectivity index (χ3v) is 5.63. The minimum absolute atomic E-state index is 0.0988. The molecule has 5 nitrogen and oxygen atoms in total. The first-order chi connectivity index (χ1) is 15.6. The summed E-state index contributed by atoms with van der Waals surface area (Å²) in [6.07, 6.45) is 3.72. The molecule has 1 saturated heterocycles. The zero-order valence-electron chi connectivity index (χ0n) is 17.9. The highest BCUT2D eigenvalue weighted by molar-refractivity contribution is 6.12. The number of hydrogen-bond acceptors (Lipinski definition) is 4. The molecule has 3 aromatic rings. The number of phenols is 1. The lowest BCUT2D eigenvalue weighted by Gasteiger charge is -2.27. The number of phenolic OH excluding ortho intramolecular Hbond substituents is 1. The van der Waals surface area contributed by atoms with Crippen molar-refractivity contribution in [2.45, 2.75) is 19.3 Å². The van der Waals surface area contributed by atoms with E-state index < -0.39 is 0 Å². The largest absolute Gasteiger partial charge is 0.508 e. The molecule has 1 fully saturated rings. The van der Waals surface area contributed by atoms with Crippen LogP contribution >= 0.6 is 0 Å². The van der Waals surface area contributed by atoms with Crippen molar-refractivity contribution in [2.24, 2.45) is 0 Å². The zero-order valence-corrected chi connectivity index (χ0v) is 17.9. The molecule has 1 amide bonds. The number of anilines is 2. The molecule has 0 unspecified atom stereocenters. The van der Waals surface area contributed by atoms with Crippen LogP contribution in [0.1, 0.15) is 29.6 Å². The number of piperidine rings is 1. The SMILES string of the molecule is O=C(c1ccccc1OCCN1CCCCC1)N(c1ccc(O)cc1)c1ccc(F)cc1. The Hall–Kier alpha value is -3.38. The second-order valence-corrected chi connectivity index (χ2v) is 7.88. The topological polar surface area (TPSA) is 53.0 Å². The van der Waals surface area contributed by atoms with Crippen molar-refractivity contribution in [1.29, 1.82) is 0 Å². The van der Waals surface area contributed by atoms with E-state index in [1.807, 2.05) is 6.07 Å². The quantitative estimate of drug-likeness (QED) is 0.543. The number of hydrogen-bond donors (Lipinski definition) is 1. The normalized spacial score (nSPS) is 14.2. The second-order valence-electron chi connectivity index (χ2n) is 7.88. The number of halogens is 1. The Bertz CT molecular complexity index is 986. The molecule has 4 rings (SSSR count). The molecule has 166 valence electrons. The van der Waals surface area contributed by atoms with Crippen LogP contribution in [0.5, 0.6) is 11.5 Å². The fraction of sp³-hybridized carbons (Fsp3) is 0.269. The summed E-state index contributed by atoms with van der Waals surface area (Å²) >= 11 is 0. The monoisotopic (exact) mass is 434 g/mol. The molecule has 6 heteroatoms. The van der Waals surface area contributed by atoms with E-state index in [1.54, 1.807) is 42.5 Å². The summed E-state index contributed by atoms with van der Waals surface area (Å²) in [5.41, 5.74) is 1.50. The van der Waals surface area contributed by atoms with Crippen LogP contribution in [0.3, 0.4) is 0 Å². The summed E-state index contributed by atoms with van der Waals surface area (Å²) in [6.45, 7) is 3.49. The number of carbonyl (C=O) groups excluding carboxylic acids is 1. The van der Waals surface area contributed by atoms with Gasteiger partial charge in [-0.25, -0.2) is 4.39 Å². The number of rotatable bonds is 7. The van der Waals surface area contributed by atoms with Crippen LogP contribution in [0.15, 0.2) is 72.8 Å². The number of likely N-dealkylation sites (tertiary alicyclic amines) is 1. The van der Waals surface area contributed by atoms with Crippen molar-refractivity contribution in [3.05, 3.63) is 84.2 Å². The molecule has 0 aromatic heterocycles. The Morgan fingerprint density at radius 3 is 2.22 bits per heavy atom. The highest BCUT2D eigenvalue weighted by atomic mass is 19.1. The van der Waals surface area contributed by atoms with Gasteiger partial charge in [0.1, 0.15) is 23.9 Å². The minimum atomic E-state index is -0.381. The van der Waals surface area contributed by atoms with Crippen molar-refractivity contribution in [3.8, 4) is 11.5 Å². The van der Waals surface area contributed by atoms with Gasteiger partial charge in [-0.15, -0.1) is 0 Å². The average molecular weight is 435 g/mol. The van der Waals surface area contributed by atoms with E-state index >= 15 is 0 Å². The first-order valence-electron chi connectivity index (χ1n) is 10.9. The number of aromatic hydroxyl groups is 1. The van der Waals surface area contributed by atoms with E-state index in [-0.39, 0.29) is 17.5 Å². The molecule has 1 aliphatic rings. The van der Waals surface area contributed by atoms with Crippen molar-refractivity contribution < 1.29 is 19.0 Å². The van der Waals surface area contributed by atoms with Gasteiger partial charge in [-0.2, -0.15) is 0 Å². The van der Waals surface area contributed by atoms with Crippen molar-refractivity contribution in [3.63, 3.8) is 0 Å². The van der Waals surface area contributed by atoms with Gasteiger partial charge in [-0.1, -0.05) is 18.6 Å². The van der Waals surface area contributed by atoms with E-state index in [0.717, 1.165) is 19.6 Å². The van der Waals surface area contributed by atoms with Crippen LogP contribution in [-0.4, -0.2) is 42.2 Å². The number of benzene rings is 3. The predicted molar refractivity (Wildman–Crippen MR) is 123 cm³/mol. The third kappa shape index (κ3) is 5.26. The van der Waals surface area contributed by atoms with Gasteiger partial charge in [-0.3, -0.25) is 14.6 Å². The zero-order chi connectivity index (χ0) is 22.3. The molecule has 0 atom stereocenters. The van der Waals surface area contributed by atoms with E-state index in [0.29, 0.717) is 29.3 Å². The van der Waals surface area contributed by atoms with E-state index in [2.05, 4.69) is 4.90 Å². The van der Waals surface area contributed by atoms with Gasteiger partial charge >= 0.3 is 0 Å². The molecule has 3 aromatic carbocycles. The summed E-state index contributed by atoms with van der Waals surface area (Å²) in [4.78, 5) is 17.6. The molecule has 0 spiro atoms. The van der Waals surface area contributed by atoms with Gasteiger partial charge < -0.3 is 9.84 Å². The second kappa shape index (κ2) is 10.3. The molecule has 1 aliphatic heterocycles. The third-order valence-electron chi connectivity index (χ3n) is 5.63. The van der Waals surface area contributed by atoms with Crippen LogP contribution < -0.4 is 9.64 Å². The van der Waals surface area contributed by atoms with Gasteiger partial charge in [0.2, 0.25) is 0 Å². The smallest absolute Gasteiger partial charge is 0.266 e. The summed E-state index contributed by atoms with van der Waals surface area (Å²) in [7, 11) is 0. The van der Waals surface area contributed by atoms with Crippen LogP contribution in [0.25, 0.3) is 0 Å². The summed E-state index contributed by atoms with van der Waals surface area (Å²) in [5.74, 6) is -0.0636. The van der Waals surface area contributed by atoms with E-state index in [9.17, 15) is 14.3 Å². The highest BCUT2D eigenvalue weighted by Gasteiger charge is 2.23. The maximum absolute atomic E-state index is 13.7. The Morgan fingerprint density at radius 1 is 0.906 bits per heavy atom. The van der Waals surface area contributed by atoms with Gasteiger partial charge in [0.05, 0.1) is 5.56 Å². The number of amides is 1. The molecule has 0 bridgehead atoms. The van der Waals surface area contributed by atoms with E-state index in [1.165, 1.54) is 48.4 Å². The van der Waals surface area contributed by atoms with Gasteiger partial charge in [-0.05, 0) is 86.6 Å². The lowest BCUT2D eigenvalue weighted by Crippen LogP contribution is -2.33. The van der Waals surface area contributed by atoms with Crippen LogP contribution in [-0.2, 0) is 0 Å². The van der Waals surface area contributed by atoms with Gasteiger partial charge in [0.15, 0.2) is 0 Å². The lowest BCUT2D eigenvalue weighted by molar-refractivity contribution is 0.0994. The number of ether oxygens (including phenoxy) is 1. The van der Waals surface area contributed by atoms with Crippen LogP contribution in [0.4, 0.5) is 15.8 Å². The molecule has 32 heavy (non-hydrogen) atoms. The Labute approximate surface area is 187 Å². The lowest BCUT2D eigenvalue weighted by atomic mass is 10.1. The molecule has 1 N–H and O–H groups in total. The summed E-state index contributed by atoms with van der Waals surface area (Å²) in [5, 5.41) is 9.67. The van der Waals surface area contributed by atoms with Crippen molar-refractivity contribution in [2.75, 3.05) is 31.1 Å². The summed E-state index contributed by atoms with van der Waals surface area (Å²) < 4.78 is 19.6. The highest BCUT2D eigenvalue weighted by Crippen LogP contribution is 2.31. The van der Waals surface area contributed by atoms with Gasteiger partial charge in [0.25, 0.3) is 5.91 Å². The number of para-hydroxylation sites is 1. The predicted octanol–water partition coefficient (Wildman–Crippen LogP) is 5.37. The summed E-state index contributed by atoms with van der Waals surface area (Å²) in [6, 6.07) is 19.2. The molecule has 1 heterocycles. The van der Waals surface area contributed by atoms with Crippen LogP contribution in [0, 0.1) is 5.82 Å². The van der Waals surface area contributed by atoms with Crippen molar-refractivity contribution in [1.82, 2.24) is 4.90 Å². The first-order valence-corrected chi connectivity index (χ1v) is 10.9. The molecule has 0 aliphatic carbocycles. The Balaban J connectivity index is 1.59. The molecular formula is C26H27FN2O3. The average Bonchev–Trinajstić information content (AvgIpc) is 2.82. The fourth-order valence-electron chi connectivity index (χ4n) is 3.93. The molecule has 0 saturated carbocycles. The maximum Gasteiger partial charge on any atom is 0.266 e. The standard InChI is InChI=1S/C26H27FN2O3/c27-20-8-10-21(11-9-20)29(22-12-14-23(30)15-13-22)26(31)24-6-2-3-7-25(24)32-19-18-28-16-4-1-5-17-28/h2-3,6-15,30H,1,4-5,16-19H2. The van der Waals surface area contributed by atoms with Crippen molar-refractivity contribution >= 4 is 17.3 Å². The Kier molecular flexibility index (Phi) is 7.02. The molecule has 0 radical (unpaired) electrons. The minimum Gasteiger partial charge on any atom is -0.508 e. The number of nitrogens with zero attached hydrogens (tertiary/aromatic N) is 2.